The molecule has 0 aliphatic rings. The summed E-state index contributed by atoms with van der Waals surface area (Å²) < 4.78 is 5.19. The smallest absolute Gasteiger partial charge is 0.325 e. The largest absolute Gasteiger partial charge is 0.465 e. The molecule has 0 spiro atoms. The highest BCUT2D eigenvalue weighted by molar-refractivity contribution is 6.22. The Kier molecular flexibility index (Phi) is 7.80. The van der Waals surface area contributed by atoms with Crippen molar-refractivity contribution in [3.05, 3.63) is 61.2 Å². The third kappa shape index (κ3) is 5.03. The lowest BCUT2D eigenvalue weighted by Gasteiger charge is -2.31. The van der Waals surface area contributed by atoms with E-state index in [1.807, 2.05) is 35.2 Å². The van der Waals surface area contributed by atoms with E-state index in [-0.39, 0.29) is 5.97 Å². The zero-order chi connectivity index (χ0) is 15.7. The van der Waals surface area contributed by atoms with Crippen LogP contribution in [0, 0.1) is 0 Å². The Balaban J connectivity index is 3.07. The molecule has 1 aromatic rings. The van der Waals surface area contributed by atoms with Crippen molar-refractivity contribution in [1.29, 1.82) is 0 Å². The van der Waals surface area contributed by atoms with Gasteiger partial charge in [0, 0.05) is 13.1 Å². The number of benzene rings is 1. The second-order valence-corrected chi connectivity index (χ2v) is 5.01. The van der Waals surface area contributed by atoms with Gasteiger partial charge < -0.3 is 4.74 Å². The number of nitrogens with zero attached hydrogens (tertiary/aromatic N) is 1. The van der Waals surface area contributed by atoms with E-state index < -0.39 is 11.4 Å². The topological polar surface area (TPSA) is 29.5 Å². The van der Waals surface area contributed by atoms with Gasteiger partial charge in [0.15, 0.2) is 0 Å². The number of rotatable bonds is 9. The van der Waals surface area contributed by atoms with E-state index in [4.69, 9.17) is 16.3 Å². The van der Waals surface area contributed by atoms with Crippen molar-refractivity contribution in [3.63, 3.8) is 0 Å². The van der Waals surface area contributed by atoms with Crippen molar-refractivity contribution < 1.29 is 9.53 Å². The Hall–Kier alpha value is -1.58. The average Bonchev–Trinajstić information content (AvgIpc) is 2.49. The zero-order valence-corrected chi connectivity index (χ0v) is 13.1. The molecule has 0 fully saturated rings. The summed E-state index contributed by atoms with van der Waals surface area (Å²) in [5.41, 5.74) is 0.885. The number of esters is 1. The van der Waals surface area contributed by atoms with E-state index in [1.165, 1.54) is 0 Å². The van der Waals surface area contributed by atoms with Crippen molar-refractivity contribution in [2.24, 2.45) is 0 Å². The van der Waals surface area contributed by atoms with E-state index in [1.54, 1.807) is 19.1 Å². The van der Waals surface area contributed by atoms with E-state index in [0.717, 1.165) is 5.56 Å². The van der Waals surface area contributed by atoms with Gasteiger partial charge in [0.05, 0.1) is 12.0 Å². The molecule has 0 saturated heterocycles. The minimum Gasteiger partial charge on any atom is -0.465 e. The third-order valence-electron chi connectivity index (χ3n) is 3.04. The molecule has 2 atom stereocenters. The SMILES string of the molecule is C=CCN(CC=C)[C@H](C(=O)OCC)[C@@H](Cl)c1ccccc1. The van der Waals surface area contributed by atoms with Crippen LogP contribution in [0.3, 0.4) is 0 Å². The predicted octanol–water partition coefficient (Wildman–Crippen LogP) is 3.57. The van der Waals surface area contributed by atoms with Gasteiger partial charge in [-0.05, 0) is 12.5 Å². The van der Waals surface area contributed by atoms with Gasteiger partial charge in [-0.15, -0.1) is 24.8 Å². The Bertz CT molecular complexity index is 451. The molecule has 0 amide bonds. The monoisotopic (exact) mass is 307 g/mol. The van der Waals surface area contributed by atoms with Crippen LogP contribution in [0.2, 0.25) is 0 Å². The number of ether oxygens (including phenoxy) is 1. The quantitative estimate of drug-likeness (QED) is 0.397. The standard InChI is InChI=1S/C17H22ClNO2/c1-4-12-19(13-5-2)16(17(20)21-6-3)15(18)14-10-8-7-9-11-14/h4-5,7-11,15-16H,1-2,6,12-13H2,3H3/t15-,16-/m0/s1. The van der Waals surface area contributed by atoms with Gasteiger partial charge in [-0.25, -0.2) is 0 Å². The Labute approximate surface area is 131 Å². The molecule has 1 rings (SSSR count). The molecule has 1 aromatic carbocycles. The fourth-order valence-electron chi connectivity index (χ4n) is 2.13. The van der Waals surface area contributed by atoms with Gasteiger partial charge in [-0.2, -0.15) is 0 Å². The molecule has 0 heterocycles. The minimum absolute atomic E-state index is 0.323. The fraction of sp³-hybridized carbons (Fsp3) is 0.353. The van der Waals surface area contributed by atoms with Gasteiger partial charge in [0.2, 0.25) is 0 Å². The normalized spacial score (nSPS) is 13.5. The lowest BCUT2D eigenvalue weighted by molar-refractivity contribution is -0.149. The van der Waals surface area contributed by atoms with E-state index in [0.29, 0.717) is 19.7 Å². The average molecular weight is 308 g/mol. The van der Waals surface area contributed by atoms with Gasteiger partial charge in [-0.3, -0.25) is 9.69 Å². The van der Waals surface area contributed by atoms with Crippen LogP contribution in [0.1, 0.15) is 17.9 Å². The molecule has 3 nitrogen and oxygen atoms in total. The number of alkyl halides is 1. The summed E-state index contributed by atoms with van der Waals surface area (Å²) in [4.78, 5) is 14.2. The lowest BCUT2D eigenvalue weighted by atomic mass is 10.0. The van der Waals surface area contributed by atoms with Crippen LogP contribution in [0.15, 0.2) is 55.6 Å². The van der Waals surface area contributed by atoms with Gasteiger partial charge in [0.1, 0.15) is 6.04 Å². The summed E-state index contributed by atoms with van der Waals surface area (Å²) in [7, 11) is 0. The summed E-state index contributed by atoms with van der Waals surface area (Å²) in [5.74, 6) is -0.329. The van der Waals surface area contributed by atoms with Crippen molar-refractivity contribution in [3.8, 4) is 0 Å². The van der Waals surface area contributed by atoms with Crippen molar-refractivity contribution in [2.75, 3.05) is 19.7 Å². The fourth-order valence-corrected chi connectivity index (χ4v) is 2.54. The van der Waals surface area contributed by atoms with Crippen molar-refractivity contribution >= 4 is 17.6 Å². The summed E-state index contributed by atoms with van der Waals surface area (Å²) >= 11 is 6.56. The van der Waals surface area contributed by atoms with Crippen molar-refractivity contribution in [1.82, 2.24) is 4.90 Å². The van der Waals surface area contributed by atoms with Crippen LogP contribution in [0.5, 0.6) is 0 Å². The summed E-state index contributed by atoms with van der Waals surface area (Å²) in [6.07, 6.45) is 3.48. The first kappa shape index (κ1) is 17.5. The van der Waals surface area contributed by atoms with Crippen LogP contribution >= 0.6 is 11.6 Å². The third-order valence-corrected chi connectivity index (χ3v) is 3.53. The van der Waals surface area contributed by atoms with Gasteiger partial charge in [0.25, 0.3) is 0 Å². The summed E-state index contributed by atoms with van der Waals surface area (Å²) in [5, 5.41) is -0.495. The summed E-state index contributed by atoms with van der Waals surface area (Å²) in [6, 6.07) is 8.95. The number of carbonyl (C=O) groups excluding carboxylic acids is 1. The molecule has 21 heavy (non-hydrogen) atoms. The van der Waals surface area contributed by atoms with Gasteiger partial charge in [-0.1, -0.05) is 42.5 Å². The second-order valence-electron chi connectivity index (χ2n) is 4.54. The molecule has 0 aliphatic heterocycles. The molecule has 0 bridgehead atoms. The molecule has 0 unspecified atom stereocenters. The first-order valence-electron chi connectivity index (χ1n) is 6.97. The Morgan fingerprint density at radius 1 is 1.29 bits per heavy atom. The highest BCUT2D eigenvalue weighted by atomic mass is 35.5. The first-order valence-corrected chi connectivity index (χ1v) is 7.40. The van der Waals surface area contributed by atoms with Gasteiger partial charge >= 0.3 is 5.97 Å². The minimum atomic E-state index is -0.579. The molecule has 0 radical (unpaired) electrons. The van der Waals surface area contributed by atoms with Crippen LogP contribution in [0.4, 0.5) is 0 Å². The number of hydrogen-bond acceptors (Lipinski definition) is 3. The number of halogens is 1. The summed E-state index contributed by atoms with van der Waals surface area (Å²) in [6.45, 7) is 10.6. The van der Waals surface area contributed by atoms with E-state index in [2.05, 4.69) is 13.2 Å². The Morgan fingerprint density at radius 2 is 1.86 bits per heavy atom. The molecular weight excluding hydrogens is 286 g/mol. The van der Waals surface area contributed by atoms with E-state index in [9.17, 15) is 4.79 Å². The molecule has 0 aromatic heterocycles. The van der Waals surface area contributed by atoms with Crippen molar-refractivity contribution in [2.45, 2.75) is 18.3 Å². The van der Waals surface area contributed by atoms with Crippen LogP contribution < -0.4 is 0 Å². The van der Waals surface area contributed by atoms with Crippen LogP contribution in [0.25, 0.3) is 0 Å². The predicted molar refractivity (Wildman–Crippen MR) is 87.4 cm³/mol. The second kappa shape index (κ2) is 9.37. The van der Waals surface area contributed by atoms with E-state index >= 15 is 0 Å². The highest BCUT2D eigenvalue weighted by Crippen LogP contribution is 2.28. The molecule has 0 N–H and O–H groups in total. The maximum absolute atomic E-state index is 12.3. The molecule has 0 aliphatic carbocycles. The van der Waals surface area contributed by atoms with Crippen LogP contribution in [-0.4, -0.2) is 36.6 Å². The maximum Gasteiger partial charge on any atom is 0.325 e. The first-order chi connectivity index (χ1) is 10.2. The molecular formula is C17H22ClNO2. The molecule has 0 saturated carbocycles. The molecule has 4 heteroatoms. The highest BCUT2D eigenvalue weighted by Gasteiger charge is 2.33. The van der Waals surface area contributed by atoms with Crippen LogP contribution in [-0.2, 0) is 9.53 Å². The Morgan fingerprint density at radius 3 is 2.33 bits per heavy atom. The number of carbonyl (C=O) groups is 1. The lowest BCUT2D eigenvalue weighted by Crippen LogP contribution is -2.45. The zero-order valence-electron chi connectivity index (χ0n) is 12.4. The molecule has 114 valence electrons. The maximum atomic E-state index is 12.3. The number of hydrogen-bond donors (Lipinski definition) is 0.